The van der Waals surface area contributed by atoms with Crippen LogP contribution in [0.2, 0.25) is 0 Å². The fourth-order valence-corrected chi connectivity index (χ4v) is 2.79. The monoisotopic (exact) mass is 342 g/mol. The highest BCUT2D eigenvalue weighted by Gasteiger charge is 2.16. The van der Waals surface area contributed by atoms with Crippen LogP contribution in [-0.4, -0.2) is 41.1 Å². The van der Waals surface area contributed by atoms with Crippen molar-refractivity contribution < 1.29 is 19.8 Å². The Labute approximate surface area is 146 Å². The van der Waals surface area contributed by atoms with E-state index >= 15 is 0 Å². The molecule has 2 aliphatic rings. The SMILES string of the molecule is Cc1ccc2c(c1)C=C(CC1CNC=N1)CC2.O=C(O)C=CC(=O)O. The maximum Gasteiger partial charge on any atom is 0.328 e. The number of nitrogens with zero attached hydrogens (tertiary/aromatic N) is 1. The van der Waals surface area contributed by atoms with Gasteiger partial charge in [0.2, 0.25) is 0 Å². The lowest BCUT2D eigenvalue weighted by Gasteiger charge is -2.18. The van der Waals surface area contributed by atoms with E-state index in [1.165, 1.54) is 29.5 Å². The first-order chi connectivity index (χ1) is 11.9. The number of fused-ring (bicyclic) bond motifs is 1. The molecule has 132 valence electrons. The quantitative estimate of drug-likeness (QED) is 0.730. The van der Waals surface area contributed by atoms with Gasteiger partial charge in [-0.1, -0.05) is 35.4 Å². The first kappa shape index (κ1) is 18.4. The number of hydrogen-bond acceptors (Lipinski definition) is 4. The standard InChI is InChI=1S/C15H18N2.C4H4O4/c1-11-2-4-13-5-3-12(7-14(13)6-11)8-15-9-16-10-17-15;5-3(6)1-2-4(7)8/h2,4,6-7,10,15H,3,5,8-9H2,1H3,(H,16,17);1-2H,(H,5,6)(H,7,8). The van der Waals surface area contributed by atoms with Crippen molar-refractivity contribution in [2.24, 2.45) is 4.99 Å². The lowest BCUT2D eigenvalue weighted by Crippen LogP contribution is -2.16. The minimum Gasteiger partial charge on any atom is -0.478 e. The van der Waals surface area contributed by atoms with Gasteiger partial charge in [0.25, 0.3) is 0 Å². The molecule has 0 bridgehead atoms. The third-order valence-corrected chi connectivity index (χ3v) is 3.97. The summed E-state index contributed by atoms with van der Waals surface area (Å²) in [6.45, 7) is 3.16. The van der Waals surface area contributed by atoms with E-state index in [0.29, 0.717) is 18.2 Å². The van der Waals surface area contributed by atoms with Gasteiger partial charge >= 0.3 is 11.9 Å². The summed E-state index contributed by atoms with van der Waals surface area (Å²) in [4.78, 5) is 23.5. The number of benzene rings is 1. The molecule has 0 amide bonds. The number of rotatable bonds is 4. The van der Waals surface area contributed by atoms with Gasteiger partial charge < -0.3 is 15.5 Å². The lowest BCUT2D eigenvalue weighted by molar-refractivity contribution is -0.134. The molecular weight excluding hydrogens is 320 g/mol. The molecule has 6 heteroatoms. The van der Waals surface area contributed by atoms with E-state index in [9.17, 15) is 9.59 Å². The number of carboxylic acid groups (broad SMARTS) is 2. The minimum absolute atomic E-state index is 0.451. The fraction of sp³-hybridized carbons (Fsp3) is 0.316. The molecule has 0 saturated carbocycles. The molecule has 1 atom stereocenters. The number of carbonyl (C=O) groups is 2. The van der Waals surface area contributed by atoms with E-state index in [1.807, 2.05) is 6.34 Å². The summed E-state index contributed by atoms with van der Waals surface area (Å²) in [6.07, 6.45) is 8.82. The largest absolute Gasteiger partial charge is 0.478 e. The molecular formula is C19H22N2O4. The van der Waals surface area contributed by atoms with E-state index in [1.54, 1.807) is 5.57 Å². The van der Waals surface area contributed by atoms with E-state index in [2.05, 4.69) is 41.5 Å². The zero-order valence-corrected chi connectivity index (χ0v) is 14.1. The lowest BCUT2D eigenvalue weighted by atomic mass is 9.88. The van der Waals surface area contributed by atoms with Gasteiger partial charge in [-0.2, -0.15) is 0 Å². The number of aliphatic carboxylic acids is 2. The molecule has 1 aliphatic heterocycles. The molecule has 3 N–H and O–H groups in total. The number of nitrogens with one attached hydrogen (secondary N) is 1. The van der Waals surface area contributed by atoms with Gasteiger partial charge in [-0.15, -0.1) is 0 Å². The summed E-state index contributed by atoms with van der Waals surface area (Å²) in [5.41, 5.74) is 5.81. The normalized spacial score (nSPS) is 18.0. The molecule has 1 heterocycles. The average Bonchev–Trinajstić information content (AvgIpc) is 3.06. The van der Waals surface area contributed by atoms with Crippen molar-refractivity contribution in [3.8, 4) is 0 Å². The first-order valence-corrected chi connectivity index (χ1v) is 8.12. The Bertz CT molecular complexity index is 719. The molecule has 0 spiro atoms. The van der Waals surface area contributed by atoms with Gasteiger partial charge in [-0.3, -0.25) is 4.99 Å². The van der Waals surface area contributed by atoms with E-state index in [4.69, 9.17) is 10.2 Å². The number of aliphatic imine (C=N–C) groups is 1. The van der Waals surface area contributed by atoms with E-state index < -0.39 is 11.9 Å². The van der Waals surface area contributed by atoms with Crippen molar-refractivity contribution in [1.29, 1.82) is 0 Å². The van der Waals surface area contributed by atoms with Gasteiger partial charge in [-0.25, -0.2) is 9.59 Å². The number of aryl methyl sites for hydroxylation is 2. The molecule has 0 radical (unpaired) electrons. The Balaban J connectivity index is 0.000000242. The Morgan fingerprint density at radius 1 is 1.24 bits per heavy atom. The van der Waals surface area contributed by atoms with E-state index in [-0.39, 0.29) is 0 Å². The Kier molecular flexibility index (Phi) is 6.51. The molecule has 0 fully saturated rings. The van der Waals surface area contributed by atoms with Crippen molar-refractivity contribution in [2.75, 3.05) is 6.54 Å². The van der Waals surface area contributed by atoms with Crippen molar-refractivity contribution in [1.82, 2.24) is 5.32 Å². The summed E-state index contributed by atoms with van der Waals surface area (Å²) in [5, 5.41) is 18.8. The van der Waals surface area contributed by atoms with Gasteiger partial charge in [0, 0.05) is 18.7 Å². The second-order valence-corrected chi connectivity index (χ2v) is 6.06. The van der Waals surface area contributed by atoms with Crippen LogP contribution in [0.1, 0.15) is 29.5 Å². The third-order valence-electron chi connectivity index (χ3n) is 3.97. The number of hydrogen-bond donors (Lipinski definition) is 3. The predicted octanol–water partition coefficient (Wildman–Crippen LogP) is 2.43. The van der Waals surface area contributed by atoms with Crippen LogP contribution < -0.4 is 5.32 Å². The molecule has 25 heavy (non-hydrogen) atoms. The maximum atomic E-state index is 9.55. The van der Waals surface area contributed by atoms with Crippen LogP contribution in [0, 0.1) is 6.92 Å². The summed E-state index contributed by atoms with van der Waals surface area (Å²) < 4.78 is 0. The van der Waals surface area contributed by atoms with Crippen LogP contribution in [0.5, 0.6) is 0 Å². The molecule has 1 aromatic carbocycles. The summed E-state index contributed by atoms with van der Waals surface area (Å²) >= 11 is 0. The van der Waals surface area contributed by atoms with Gasteiger partial charge in [0.1, 0.15) is 0 Å². The van der Waals surface area contributed by atoms with Crippen LogP contribution in [-0.2, 0) is 16.0 Å². The maximum absolute atomic E-state index is 9.55. The predicted molar refractivity (Wildman–Crippen MR) is 96.8 cm³/mol. The second-order valence-electron chi connectivity index (χ2n) is 6.06. The summed E-state index contributed by atoms with van der Waals surface area (Å²) in [7, 11) is 0. The Morgan fingerprint density at radius 2 is 1.96 bits per heavy atom. The highest BCUT2D eigenvalue weighted by atomic mass is 16.4. The minimum atomic E-state index is -1.26. The first-order valence-electron chi connectivity index (χ1n) is 8.12. The highest BCUT2D eigenvalue weighted by Crippen LogP contribution is 2.27. The Hall–Kier alpha value is -2.89. The topological polar surface area (TPSA) is 99.0 Å². The fourth-order valence-electron chi connectivity index (χ4n) is 2.79. The van der Waals surface area contributed by atoms with Gasteiger partial charge in [0.05, 0.1) is 12.4 Å². The van der Waals surface area contributed by atoms with Crippen molar-refractivity contribution >= 4 is 24.4 Å². The van der Waals surface area contributed by atoms with Crippen LogP contribution in [0.25, 0.3) is 6.08 Å². The van der Waals surface area contributed by atoms with Gasteiger partial charge in [-0.05, 0) is 37.3 Å². The van der Waals surface area contributed by atoms with Crippen LogP contribution in [0.4, 0.5) is 0 Å². The second kappa shape index (κ2) is 8.82. The van der Waals surface area contributed by atoms with Crippen molar-refractivity contribution in [3.05, 3.63) is 52.6 Å². The van der Waals surface area contributed by atoms with Crippen molar-refractivity contribution in [3.63, 3.8) is 0 Å². The zero-order valence-electron chi connectivity index (χ0n) is 14.1. The van der Waals surface area contributed by atoms with Crippen LogP contribution in [0.3, 0.4) is 0 Å². The zero-order chi connectivity index (χ0) is 18.2. The molecule has 0 saturated heterocycles. The molecule has 1 unspecified atom stereocenters. The van der Waals surface area contributed by atoms with Crippen LogP contribution >= 0.6 is 0 Å². The van der Waals surface area contributed by atoms with Crippen molar-refractivity contribution in [2.45, 2.75) is 32.2 Å². The van der Waals surface area contributed by atoms with E-state index in [0.717, 1.165) is 13.0 Å². The van der Waals surface area contributed by atoms with Crippen LogP contribution in [0.15, 0.2) is 40.9 Å². The highest BCUT2D eigenvalue weighted by molar-refractivity contribution is 5.89. The average molecular weight is 342 g/mol. The Morgan fingerprint density at radius 3 is 2.56 bits per heavy atom. The molecule has 1 aliphatic carbocycles. The summed E-state index contributed by atoms with van der Waals surface area (Å²) in [6, 6.07) is 7.23. The summed E-state index contributed by atoms with van der Waals surface area (Å²) in [5.74, 6) is -2.51. The molecule has 3 rings (SSSR count). The third kappa shape index (κ3) is 6.25. The molecule has 0 aromatic heterocycles. The molecule has 6 nitrogen and oxygen atoms in total. The smallest absolute Gasteiger partial charge is 0.328 e. The number of carboxylic acids is 2. The van der Waals surface area contributed by atoms with Gasteiger partial charge in [0.15, 0.2) is 0 Å². The molecule has 1 aromatic rings.